The fraction of sp³-hybridized carbons (Fsp3) is 0.343. The number of methoxy groups -OCH3 is 1. The standard InChI is InChI=1S/C35H37N5O5S/c1-45-27-11-13-28-25(20-27)19-26(35(42)39-17-15-38(16-18-39)31-9-5-6-14-36-31)22-40-30-21-24(34(41)37-46(43)44)10-12-29(30)32(33(28)40)23-7-3-2-4-8-23/h5-6,9-14,19-21,23H,2-4,7-8,15-18,22H2,1H3,(H,37,41)(H,43,44)/p-1. The Morgan fingerprint density at radius 3 is 2.52 bits per heavy atom. The number of hydrogen-bond acceptors (Lipinski definition) is 7. The molecule has 238 valence electrons. The minimum atomic E-state index is -2.73. The summed E-state index contributed by atoms with van der Waals surface area (Å²) < 4.78 is 32.3. The molecular formula is C35H36N5O5S-. The summed E-state index contributed by atoms with van der Waals surface area (Å²) in [7, 11) is 1.64. The molecule has 1 saturated heterocycles. The Kier molecular flexibility index (Phi) is 8.35. The van der Waals surface area contributed by atoms with E-state index < -0.39 is 17.2 Å². The third-order valence-corrected chi connectivity index (χ3v) is 9.89. The van der Waals surface area contributed by atoms with Gasteiger partial charge in [-0.2, -0.15) is 0 Å². The third-order valence-electron chi connectivity index (χ3n) is 9.54. The zero-order chi connectivity index (χ0) is 31.8. The lowest BCUT2D eigenvalue weighted by Crippen LogP contribution is -2.49. The highest BCUT2D eigenvalue weighted by Gasteiger charge is 2.32. The van der Waals surface area contributed by atoms with Gasteiger partial charge in [0.05, 0.1) is 19.3 Å². The first-order chi connectivity index (χ1) is 22.4. The second-order valence-corrected chi connectivity index (χ2v) is 12.8. The maximum absolute atomic E-state index is 14.3. The van der Waals surface area contributed by atoms with Crippen molar-refractivity contribution in [3.05, 3.63) is 83.1 Å². The van der Waals surface area contributed by atoms with E-state index in [9.17, 15) is 18.4 Å². The minimum Gasteiger partial charge on any atom is -0.755 e. The lowest BCUT2D eigenvalue weighted by atomic mass is 9.81. The van der Waals surface area contributed by atoms with E-state index in [4.69, 9.17) is 4.74 Å². The predicted molar refractivity (Wildman–Crippen MR) is 177 cm³/mol. The number of piperazine rings is 1. The van der Waals surface area contributed by atoms with Crippen LogP contribution in [-0.4, -0.2) is 68.3 Å². The summed E-state index contributed by atoms with van der Waals surface area (Å²) in [6, 6.07) is 17.2. The second kappa shape index (κ2) is 12.7. The van der Waals surface area contributed by atoms with Gasteiger partial charge in [-0.1, -0.05) is 31.4 Å². The lowest BCUT2D eigenvalue weighted by molar-refractivity contribution is -0.127. The number of ether oxygens (including phenoxy) is 1. The molecule has 1 unspecified atom stereocenters. The molecule has 7 rings (SSSR count). The Morgan fingerprint density at radius 1 is 1.00 bits per heavy atom. The molecule has 1 saturated carbocycles. The fourth-order valence-electron chi connectivity index (χ4n) is 7.33. The van der Waals surface area contributed by atoms with Crippen LogP contribution in [0, 0.1) is 0 Å². The first kappa shape index (κ1) is 30.2. The van der Waals surface area contributed by atoms with E-state index >= 15 is 0 Å². The lowest BCUT2D eigenvalue weighted by Gasteiger charge is -2.35. The van der Waals surface area contributed by atoms with Crippen LogP contribution in [0.25, 0.3) is 28.2 Å². The Hall–Kier alpha value is -4.48. The molecule has 11 heteroatoms. The number of nitrogens with zero attached hydrogens (tertiary/aromatic N) is 4. The van der Waals surface area contributed by atoms with E-state index in [1.807, 2.05) is 52.1 Å². The molecular weight excluding hydrogens is 602 g/mol. The number of fused-ring (bicyclic) bond motifs is 5. The summed E-state index contributed by atoms with van der Waals surface area (Å²) in [5, 5.41) is 1.03. The van der Waals surface area contributed by atoms with Gasteiger partial charge >= 0.3 is 0 Å². The van der Waals surface area contributed by atoms with Gasteiger partial charge in [-0.3, -0.25) is 18.5 Å². The van der Waals surface area contributed by atoms with Crippen molar-refractivity contribution in [1.82, 2.24) is 19.2 Å². The highest BCUT2D eigenvalue weighted by Crippen LogP contribution is 2.47. The van der Waals surface area contributed by atoms with E-state index in [0.29, 0.717) is 50.0 Å². The number of amides is 2. The van der Waals surface area contributed by atoms with Crippen LogP contribution in [-0.2, 0) is 22.6 Å². The second-order valence-electron chi connectivity index (χ2n) is 12.2. The van der Waals surface area contributed by atoms with Crippen molar-refractivity contribution in [2.75, 3.05) is 38.2 Å². The maximum Gasteiger partial charge on any atom is 0.262 e. The average Bonchev–Trinajstić information content (AvgIpc) is 3.30. The van der Waals surface area contributed by atoms with Crippen LogP contribution in [0.2, 0.25) is 0 Å². The molecule has 1 aliphatic carbocycles. The van der Waals surface area contributed by atoms with E-state index in [1.165, 1.54) is 12.0 Å². The van der Waals surface area contributed by atoms with Gasteiger partial charge in [-0.05, 0) is 78.4 Å². The summed E-state index contributed by atoms with van der Waals surface area (Å²) in [6.45, 7) is 2.82. The van der Waals surface area contributed by atoms with Crippen molar-refractivity contribution >= 4 is 45.9 Å². The molecule has 0 bridgehead atoms. The number of carbonyl (C=O) groups is 2. The van der Waals surface area contributed by atoms with Crippen LogP contribution < -0.4 is 14.4 Å². The van der Waals surface area contributed by atoms with Gasteiger partial charge in [-0.25, -0.2) is 4.98 Å². The van der Waals surface area contributed by atoms with Gasteiger partial charge in [-0.15, -0.1) is 0 Å². The van der Waals surface area contributed by atoms with E-state index in [0.717, 1.165) is 59.2 Å². The monoisotopic (exact) mass is 638 g/mol. The molecule has 2 amide bonds. The molecule has 1 N–H and O–H groups in total. The highest BCUT2D eigenvalue weighted by atomic mass is 32.2. The molecule has 2 aliphatic heterocycles. The van der Waals surface area contributed by atoms with Gasteiger partial charge < -0.3 is 23.7 Å². The summed E-state index contributed by atoms with van der Waals surface area (Å²) in [5.74, 6) is 1.22. The number of anilines is 1. The van der Waals surface area contributed by atoms with Crippen LogP contribution >= 0.6 is 0 Å². The number of rotatable bonds is 6. The normalized spacial score (nSPS) is 17.5. The summed E-state index contributed by atoms with van der Waals surface area (Å²) in [6.07, 6.45) is 9.41. The van der Waals surface area contributed by atoms with Crippen molar-refractivity contribution in [3.63, 3.8) is 0 Å². The van der Waals surface area contributed by atoms with E-state index in [-0.39, 0.29) is 11.5 Å². The first-order valence-corrected chi connectivity index (χ1v) is 16.9. The SMILES string of the molecule is COc1ccc2c(c1)C=C(C(=O)N1CCN(c3ccccn3)CC1)Cn1c-2c(C2CCCCC2)c2ccc(C(=O)NS(=O)[O-])cc21. The molecule has 4 aromatic rings. The van der Waals surface area contributed by atoms with Crippen molar-refractivity contribution in [2.45, 2.75) is 44.6 Å². The van der Waals surface area contributed by atoms with Crippen molar-refractivity contribution in [3.8, 4) is 17.0 Å². The quantitative estimate of drug-likeness (QED) is 0.294. The molecule has 2 fully saturated rings. The van der Waals surface area contributed by atoms with Gasteiger partial charge in [0.1, 0.15) is 11.6 Å². The molecule has 2 aromatic heterocycles. The van der Waals surface area contributed by atoms with Crippen LogP contribution in [0.1, 0.15) is 59.5 Å². The Labute approximate surface area is 270 Å². The fourth-order valence-corrected chi connectivity index (χ4v) is 7.60. The van der Waals surface area contributed by atoms with Crippen molar-refractivity contribution < 1.29 is 23.1 Å². The first-order valence-electron chi connectivity index (χ1n) is 15.8. The number of aromatic nitrogens is 2. The molecule has 2 aromatic carbocycles. The zero-order valence-corrected chi connectivity index (χ0v) is 26.6. The number of benzene rings is 2. The van der Waals surface area contributed by atoms with Crippen molar-refractivity contribution in [1.29, 1.82) is 0 Å². The highest BCUT2D eigenvalue weighted by molar-refractivity contribution is 7.77. The van der Waals surface area contributed by atoms with Crippen LogP contribution in [0.4, 0.5) is 5.82 Å². The molecule has 46 heavy (non-hydrogen) atoms. The van der Waals surface area contributed by atoms with Crippen LogP contribution in [0.15, 0.2) is 66.4 Å². The molecule has 0 radical (unpaired) electrons. The van der Waals surface area contributed by atoms with Crippen molar-refractivity contribution in [2.24, 2.45) is 0 Å². The van der Waals surface area contributed by atoms with E-state index in [2.05, 4.69) is 20.5 Å². The number of hydrogen-bond donors (Lipinski definition) is 1. The predicted octanol–water partition coefficient (Wildman–Crippen LogP) is 5.03. The smallest absolute Gasteiger partial charge is 0.262 e. The largest absolute Gasteiger partial charge is 0.755 e. The Bertz CT molecular complexity index is 1860. The zero-order valence-electron chi connectivity index (χ0n) is 25.7. The molecule has 4 heterocycles. The van der Waals surface area contributed by atoms with Crippen LogP contribution in [0.3, 0.4) is 0 Å². The molecule has 0 spiro atoms. The third kappa shape index (κ3) is 5.69. The number of nitrogens with one attached hydrogen (secondary N) is 1. The Balaban J connectivity index is 1.33. The van der Waals surface area contributed by atoms with Gasteiger partial charge in [0, 0.05) is 71.2 Å². The number of pyridine rings is 1. The summed E-state index contributed by atoms with van der Waals surface area (Å²) in [4.78, 5) is 35.7. The minimum absolute atomic E-state index is 0.0287. The number of carbonyl (C=O) groups excluding carboxylic acids is 2. The molecule has 1 atom stereocenters. The van der Waals surface area contributed by atoms with Gasteiger partial charge in [0.25, 0.3) is 11.8 Å². The molecule has 10 nitrogen and oxygen atoms in total. The van der Waals surface area contributed by atoms with Crippen LogP contribution in [0.5, 0.6) is 5.75 Å². The summed E-state index contributed by atoms with van der Waals surface area (Å²) in [5.41, 5.74) is 5.88. The molecule has 3 aliphatic rings. The van der Waals surface area contributed by atoms with E-state index in [1.54, 1.807) is 25.4 Å². The Morgan fingerprint density at radius 2 is 1.80 bits per heavy atom. The average molecular weight is 639 g/mol. The topological polar surface area (TPSA) is 120 Å². The van der Waals surface area contributed by atoms with Gasteiger partial charge in [0.2, 0.25) is 0 Å². The van der Waals surface area contributed by atoms with Gasteiger partial charge in [0.15, 0.2) is 0 Å². The maximum atomic E-state index is 14.3. The summed E-state index contributed by atoms with van der Waals surface area (Å²) >= 11 is -2.73.